The minimum atomic E-state index is 0.412. The summed E-state index contributed by atoms with van der Waals surface area (Å²) in [6.07, 6.45) is 7.43. The number of rotatable bonds is 7. The highest BCUT2D eigenvalue weighted by atomic mass is 16.5. The first-order valence-electron chi connectivity index (χ1n) is 7.72. The van der Waals surface area contributed by atoms with Crippen LogP contribution >= 0.6 is 0 Å². The zero-order valence-electron chi connectivity index (χ0n) is 12.7. The molecule has 112 valence electrons. The van der Waals surface area contributed by atoms with Gasteiger partial charge < -0.3 is 14.6 Å². The monoisotopic (exact) mass is 285 g/mol. The molecule has 0 aliphatic heterocycles. The number of hydrogen-bond acceptors (Lipinski definition) is 3. The molecule has 1 atom stereocenters. The molecule has 1 heterocycles. The van der Waals surface area contributed by atoms with E-state index < -0.39 is 0 Å². The van der Waals surface area contributed by atoms with E-state index >= 15 is 0 Å². The summed E-state index contributed by atoms with van der Waals surface area (Å²) in [5.74, 6) is 0.910. The van der Waals surface area contributed by atoms with Gasteiger partial charge in [0.05, 0.1) is 18.2 Å². The lowest BCUT2D eigenvalue weighted by Crippen LogP contribution is -2.14. The normalized spacial score (nSPS) is 15.9. The predicted molar refractivity (Wildman–Crippen MR) is 83.4 cm³/mol. The van der Waals surface area contributed by atoms with Crippen molar-refractivity contribution in [3.05, 3.63) is 48.0 Å². The molecule has 1 aromatic carbocycles. The van der Waals surface area contributed by atoms with Crippen LogP contribution in [0.2, 0.25) is 0 Å². The Kier molecular flexibility index (Phi) is 4.25. The van der Waals surface area contributed by atoms with Crippen LogP contribution in [0.5, 0.6) is 5.75 Å². The van der Waals surface area contributed by atoms with Gasteiger partial charge >= 0.3 is 0 Å². The summed E-state index contributed by atoms with van der Waals surface area (Å²) in [7, 11) is 2.00. The van der Waals surface area contributed by atoms with Gasteiger partial charge in [-0.1, -0.05) is 19.1 Å². The molecular formula is C17H23N3O. The molecule has 0 radical (unpaired) electrons. The fraction of sp³-hybridized carbons (Fsp3) is 0.471. The Bertz CT molecular complexity index is 568. The largest absolute Gasteiger partial charge is 0.487 e. The third kappa shape index (κ3) is 3.27. The van der Waals surface area contributed by atoms with Crippen molar-refractivity contribution in [1.29, 1.82) is 0 Å². The second kappa shape index (κ2) is 6.31. The van der Waals surface area contributed by atoms with Crippen molar-refractivity contribution in [1.82, 2.24) is 14.9 Å². The van der Waals surface area contributed by atoms with Crippen molar-refractivity contribution >= 4 is 0 Å². The number of ether oxygens (including phenoxy) is 1. The Morgan fingerprint density at radius 3 is 2.71 bits per heavy atom. The zero-order chi connectivity index (χ0) is 14.7. The SMILES string of the molecule is CCC(NC)c1ccc(OCc2cncn2C2CC2)cc1. The third-order valence-corrected chi connectivity index (χ3v) is 4.11. The fourth-order valence-corrected chi connectivity index (χ4v) is 2.69. The Balaban J connectivity index is 1.61. The van der Waals surface area contributed by atoms with E-state index in [2.05, 4.69) is 33.9 Å². The van der Waals surface area contributed by atoms with Crippen LogP contribution in [0.1, 0.15) is 49.5 Å². The van der Waals surface area contributed by atoms with Crippen LogP contribution in [0, 0.1) is 0 Å². The second-order valence-corrected chi connectivity index (χ2v) is 5.63. The Hall–Kier alpha value is -1.81. The van der Waals surface area contributed by atoms with Crippen molar-refractivity contribution < 1.29 is 4.74 Å². The lowest BCUT2D eigenvalue weighted by atomic mass is 10.1. The molecular weight excluding hydrogens is 262 g/mol. The molecule has 21 heavy (non-hydrogen) atoms. The molecule has 0 saturated heterocycles. The summed E-state index contributed by atoms with van der Waals surface area (Å²) in [4.78, 5) is 4.23. The number of imidazole rings is 1. The summed E-state index contributed by atoms with van der Waals surface area (Å²) in [5, 5.41) is 3.32. The maximum Gasteiger partial charge on any atom is 0.130 e. The molecule has 1 unspecified atom stereocenters. The number of hydrogen-bond donors (Lipinski definition) is 1. The topological polar surface area (TPSA) is 39.1 Å². The van der Waals surface area contributed by atoms with E-state index in [0.717, 1.165) is 17.9 Å². The van der Waals surface area contributed by atoms with Gasteiger partial charge in [-0.25, -0.2) is 4.98 Å². The summed E-state index contributed by atoms with van der Waals surface area (Å²) >= 11 is 0. The number of nitrogens with one attached hydrogen (secondary N) is 1. The maximum absolute atomic E-state index is 5.89. The van der Waals surface area contributed by atoms with Gasteiger partial charge in [-0.15, -0.1) is 0 Å². The van der Waals surface area contributed by atoms with E-state index in [4.69, 9.17) is 4.74 Å². The molecule has 4 heteroatoms. The minimum Gasteiger partial charge on any atom is -0.487 e. The molecule has 0 amide bonds. The summed E-state index contributed by atoms with van der Waals surface area (Å²) in [5.41, 5.74) is 2.46. The van der Waals surface area contributed by atoms with Crippen molar-refractivity contribution in [2.45, 2.75) is 44.9 Å². The predicted octanol–water partition coefficient (Wildman–Crippen LogP) is 3.47. The van der Waals surface area contributed by atoms with E-state index in [9.17, 15) is 0 Å². The number of nitrogens with zero attached hydrogens (tertiary/aromatic N) is 2. The fourth-order valence-electron chi connectivity index (χ4n) is 2.69. The summed E-state index contributed by atoms with van der Waals surface area (Å²) < 4.78 is 8.13. The molecule has 3 rings (SSSR count). The van der Waals surface area contributed by atoms with Crippen molar-refractivity contribution in [2.24, 2.45) is 0 Å². The molecule has 1 aliphatic rings. The Morgan fingerprint density at radius 1 is 1.33 bits per heavy atom. The molecule has 1 aliphatic carbocycles. The molecule has 0 spiro atoms. The van der Waals surface area contributed by atoms with Gasteiger partial charge in [0.1, 0.15) is 12.4 Å². The summed E-state index contributed by atoms with van der Waals surface area (Å²) in [6, 6.07) is 9.43. The van der Waals surface area contributed by atoms with Crippen LogP contribution in [-0.4, -0.2) is 16.6 Å². The number of benzene rings is 1. The van der Waals surface area contributed by atoms with E-state index in [0.29, 0.717) is 18.7 Å². The lowest BCUT2D eigenvalue weighted by Gasteiger charge is -2.15. The smallest absolute Gasteiger partial charge is 0.130 e. The first-order chi connectivity index (χ1) is 10.3. The van der Waals surface area contributed by atoms with Crippen LogP contribution in [0.15, 0.2) is 36.8 Å². The first-order valence-corrected chi connectivity index (χ1v) is 7.72. The van der Waals surface area contributed by atoms with Gasteiger partial charge in [0, 0.05) is 12.1 Å². The Morgan fingerprint density at radius 2 is 2.10 bits per heavy atom. The molecule has 1 fully saturated rings. The van der Waals surface area contributed by atoms with Crippen LogP contribution in [0.3, 0.4) is 0 Å². The maximum atomic E-state index is 5.89. The molecule has 1 N–H and O–H groups in total. The average Bonchev–Trinajstić information content (AvgIpc) is 3.26. The van der Waals surface area contributed by atoms with Gasteiger partial charge in [0.2, 0.25) is 0 Å². The molecule has 4 nitrogen and oxygen atoms in total. The average molecular weight is 285 g/mol. The molecule has 2 aromatic rings. The van der Waals surface area contributed by atoms with Gasteiger partial charge in [0.15, 0.2) is 0 Å². The lowest BCUT2D eigenvalue weighted by molar-refractivity contribution is 0.294. The molecule has 0 bridgehead atoms. The van der Waals surface area contributed by atoms with Crippen molar-refractivity contribution in [3.63, 3.8) is 0 Å². The second-order valence-electron chi connectivity index (χ2n) is 5.63. The van der Waals surface area contributed by atoms with Crippen LogP contribution < -0.4 is 10.1 Å². The molecule has 1 saturated carbocycles. The van der Waals surface area contributed by atoms with Crippen molar-refractivity contribution in [2.75, 3.05) is 7.05 Å². The van der Waals surface area contributed by atoms with Crippen LogP contribution in [-0.2, 0) is 6.61 Å². The van der Waals surface area contributed by atoms with E-state index in [1.807, 2.05) is 31.7 Å². The zero-order valence-corrected chi connectivity index (χ0v) is 12.7. The quantitative estimate of drug-likeness (QED) is 0.846. The third-order valence-electron chi connectivity index (χ3n) is 4.11. The first kappa shape index (κ1) is 14.1. The highest BCUT2D eigenvalue weighted by Crippen LogP contribution is 2.35. The number of aromatic nitrogens is 2. The van der Waals surface area contributed by atoms with E-state index in [-0.39, 0.29) is 0 Å². The van der Waals surface area contributed by atoms with Crippen LogP contribution in [0.25, 0.3) is 0 Å². The summed E-state index contributed by atoms with van der Waals surface area (Å²) in [6.45, 7) is 2.77. The van der Waals surface area contributed by atoms with Gasteiger partial charge in [-0.2, -0.15) is 0 Å². The van der Waals surface area contributed by atoms with E-state index in [1.165, 1.54) is 18.4 Å². The highest BCUT2D eigenvalue weighted by Gasteiger charge is 2.25. The van der Waals surface area contributed by atoms with Gasteiger partial charge in [0.25, 0.3) is 0 Å². The standard InChI is InChI=1S/C17H23N3O/c1-3-17(18-2)13-4-8-16(9-5-13)21-11-15-10-19-12-20(15)14-6-7-14/h4-5,8-10,12,14,17-18H,3,6-7,11H2,1-2H3. The van der Waals surface area contributed by atoms with Gasteiger partial charge in [-0.3, -0.25) is 0 Å². The minimum absolute atomic E-state index is 0.412. The van der Waals surface area contributed by atoms with Crippen LogP contribution in [0.4, 0.5) is 0 Å². The van der Waals surface area contributed by atoms with Gasteiger partial charge in [-0.05, 0) is 44.0 Å². The highest BCUT2D eigenvalue weighted by molar-refractivity contribution is 5.29. The van der Waals surface area contributed by atoms with Crippen molar-refractivity contribution in [3.8, 4) is 5.75 Å². The van der Waals surface area contributed by atoms with E-state index in [1.54, 1.807) is 0 Å². The molecule has 1 aromatic heterocycles. The Labute approximate surface area is 126 Å².